The molecule has 0 unspecified atom stereocenters. The van der Waals surface area contributed by atoms with E-state index in [1.807, 2.05) is 18.2 Å². The van der Waals surface area contributed by atoms with Crippen LogP contribution in [-0.4, -0.2) is 18.6 Å². The van der Waals surface area contributed by atoms with Gasteiger partial charge in [0.05, 0.1) is 12.6 Å². The van der Waals surface area contributed by atoms with Crippen molar-refractivity contribution in [3.63, 3.8) is 0 Å². The Morgan fingerprint density at radius 3 is 2.71 bits per heavy atom. The summed E-state index contributed by atoms with van der Waals surface area (Å²) in [5.41, 5.74) is 6.18. The van der Waals surface area contributed by atoms with Gasteiger partial charge in [-0.1, -0.05) is 19.9 Å². The molecule has 0 radical (unpaired) electrons. The molecule has 3 N–H and O–H groups in total. The van der Waals surface area contributed by atoms with E-state index in [4.69, 9.17) is 10.5 Å². The molecule has 0 aliphatic rings. The lowest BCUT2D eigenvalue weighted by Crippen LogP contribution is -2.32. The highest BCUT2D eigenvalue weighted by Gasteiger charge is 2.07. The van der Waals surface area contributed by atoms with Crippen LogP contribution in [0.15, 0.2) is 24.3 Å². The van der Waals surface area contributed by atoms with Crippen LogP contribution in [0, 0.1) is 5.92 Å². The number of rotatable bonds is 5. The van der Waals surface area contributed by atoms with Gasteiger partial charge < -0.3 is 15.8 Å². The molecule has 17 heavy (non-hydrogen) atoms. The summed E-state index contributed by atoms with van der Waals surface area (Å²) < 4.78 is 5.57. The third kappa shape index (κ3) is 4.87. The second-order valence-corrected chi connectivity index (χ2v) is 4.51. The molecule has 0 aliphatic carbocycles. The number of carbonyl (C=O) groups is 1. The van der Waals surface area contributed by atoms with Crippen molar-refractivity contribution in [3.8, 4) is 5.75 Å². The molecule has 4 heteroatoms. The van der Waals surface area contributed by atoms with E-state index in [0.29, 0.717) is 18.2 Å². The largest absolute Gasteiger partial charge is 0.493 e. The fraction of sp³-hybridized carbons (Fsp3) is 0.462. The van der Waals surface area contributed by atoms with Gasteiger partial charge in [0.1, 0.15) is 5.75 Å². The third-order valence-electron chi connectivity index (χ3n) is 2.10. The predicted octanol–water partition coefficient (Wildman–Crippen LogP) is 2.01. The summed E-state index contributed by atoms with van der Waals surface area (Å²) >= 11 is 0. The second kappa shape index (κ2) is 6.25. The lowest BCUT2D eigenvalue weighted by atomic mass is 10.2. The Morgan fingerprint density at radius 1 is 1.41 bits per heavy atom. The molecule has 0 fully saturated rings. The van der Waals surface area contributed by atoms with Crippen molar-refractivity contribution >= 4 is 11.6 Å². The Hall–Kier alpha value is -1.55. The predicted molar refractivity (Wildman–Crippen MR) is 69.1 cm³/mol. The first-order valence-corrected chi connectivity index (χ1v) is 5.78. The van der Waals surface area contributed by atoms with Crippen molar-refractivity contribution in [1.82, 2.24) is 0 Å². The first kappa shape index (κ1) is 13.5. The van der Waals surface area contributed by atoms with Crippen molar-refractivity contribution in [2.24, 2.45) is 11.7 Å². The number of anilines is 1. The Balaban J connectivity index is 2.62. The smallest absolute Gasteiger partial charge is 0.241 e. The van der Waals surface area contributed by atoms with Crippen molar-refractivity contribution in [2.75, 3.05) is 11.9 Å². The van der Waals surface area contributed by atoms with Gasteiger partial charge >= 0.3 is 0 Å². The van der Waals surface area contributed by atoms with Crippen LogP contribution in [0.1, 0.15) is 20.8 Å². The summed E-state index contributed by atoms with van der Waals surface area (Å²) in [5, 5.41) is 2.73. The minimum Gasteiger partial charge on any atom is -0.493 e. The molecule has 0 bridgehead atoms. The molecule has 1 aromatic rings. The van der Waals surface area contributed by atoms with E-state index in [-0.39, 0.29) is 5.91 Å². The molecule has 94 valence electrons. The fourth-order valence-corrected chi connectivity index (χ4v) is 1.18. The van der Waals surface area contributed by atoms with Crippen LogP contribution in [0.4, 0.5) is 5.69 Å². The van der Waals surface area contributed by atoms with Gasteiger partial charge in [0.15, 0.2) is 0 Å². The van der Waals surface area contributed by atoms with Gasteiger partial charge in [-0.05, 0) is 25.0 Å². The minimum atomic E-state index is -0.518. The highest BCUT2D eigenvalue weighted by Crippen LogP contribution is 2.18. The van der Waals surface area contributed by atoms with Crippen LogP contribution in [0.25, 0.3) is 0 Å². The molecule has 0 spiro atoms. The van der Waals surface area contributed by atoms with Crippen molar-refractivity contribution in [2.45, 2.75) is 26.8 Å². The molecule has 0 heterocycles. The molecule has 1 amide bonds. The molecular formula is C13H20N2O2. The third-order valence-corrected chi connectivity index (χ3v) is 2.10. The van der Waals surface area contributed by atoms with Crippen LogP contribution in [-0.2, 0) is 4.79 Å². The zero-order valence-corrected chi connectivity index (χ0v) is 10.6. The minimum absolute atomic E-state index is 0.203. The van der Waals surface area contributed by atoms with Crippen molar-refractivity contribution < 1.29 is 9.53 Å². The van der Waals surface area contributed by atoms with E-state index >= 15 is 0 Å². The van der Waals surface area contributed by atoms with Crippen LogP contribution < -0.4 is 15.8 Å². The highest BCUT2D eigenvalue weighted by atomic mass is 16.5. The molecule has 0 saturated heterocycles. The van der Waals surface area contributed by atoms with Crippen LogP contribution in [0.3, 0.4) is 0 Å². The molecule has 0 aliphatic heterocycles. The molecule has 1 rings (SSSR count). The molecule has 0 saturated carbocycles. The average Bonchev–Trinajstić information content (AvgIpc) is 2.26. The maximum absolute atomic E-state index is 11.4. The first-order chi connectivity index (χ1) is 7.99. The van der Waals surface area contributed by atoms with Gasteiger partial charge in [-0.2, -0.15) is 0 Å². The normalized spacial score (nSPS) is 12.3. The van der Waals surface area contributed by atoms with E-state index in [1.54, 1.807) is 13.0 Å². The maximum Gasteiger partial charge on any atom is 0.241 e. The highest BCUT2D eigenvalue weighted by molar-refractivity contribution is 5.94. The first-order valence-electron chi connectivity index (χ1n) is 5.78. The Labute approximate surface area is 102 Å². The molecule has 1 atom stereocenters. The summed E-state index contributed by atoms with van der Waals surface area (Å²) in [6.45, 7) is 6.47. The van der Waals surface area contributed by atoms with E-state index in [2.05, 4.69) is 19.2 Å². The number of hydrogen-bond acceptors (Lipinski definition) is 3. The Morgan fingerprint density at radius 2 is 2.12 bits per heavy atom. The van der Waals surface area contributed by atoms with E-state index in [1.165, 1.54) is 0 Å². The quantitative estimate of drug-likeness (QED) is 0.822. The zero-order valence-electron chi connectivity index (χ0n) is 10.6. The summed E-state index contributed by atoms with van der Waals surface area (Å²) in [7, 11) is 0. The summed E-state index contributed by atoms with van der Waals surface area (Å²) in [6.07, 6.45) is 0. The summed E-state index contributed by atoms with van der Waals surface area (Å²) in [4.78, 5) is 11.4. The molecule has 1 aromatic carbocycles. The second-order valence-electron chi connectivity index (χ2n) is 4.51. The number of ether oxygens (including phenoxy) is 1. The lowest BCUT2D eigenvalue weighted by Gasteiger charge is -2.11. The van der Waals surface area contributed by atoms with E-state index in [0.717, 1.165) is 5.75 Å². The number of nitrogens with two attached hydrogens (primary N) is 1. The molecule has 0 aromatic heterocycles. The van der Waals surface area contributed by atoms with Crippen LogP contribution >= 0.6 is 0 Å². The number of nitrogens with one attached hydrogen (secondary N) is 1. The standard InChI is InChI=1S/C13H20N2O2/c1-9(2)8-17-12-6-4-5-11(7-12)15-13(16)10(3)14/h4-7,9-10H,8,14H2,1-3H3,(H,15,16)/t10-/m0/s1. The number of carbonyl (C=O) groups excluding carboxylic acids is 1. The molecular weight excluding hydrogens is 216 g/mol. The van der Waals surface area contributed by atoms with E-state index in [9.17, 15) is 4.79 Å². The van der Waals surface area contributed by atoms with Crippen LogP contribution in [0.2, 0.25) is 0 Å². The van der Waals surface area contributed by atoms with Crippen molar-refractivity contribution in [1.29, 1.82) is 0 Å². The van der Waals surface area contributed by atoms with Gasteiger partial charge in [0.2, 0.25) is 5.91 Å². The van der Waals surface area contributed by atoms with Gasteiger partial charge in [-0.3, -0.25) is 4.79 Å². The van der Waals surface area contributed by atoms with Gasteiger partial charge in [0, 0.05) is 11.8 Å². The Kier molecular flexibility index (Phi) is 4.97. The van der Waals surface area contributed by atoms with Gasteiger partial charge in [-0.25, -0.2) is 0 Å². The SMILES string of the molecule is CC(C)COc1cccc(NC(=O)[C@H](C)N)c1. The van der Waals surface area contributed by atoms with Gasteiger partial charge in [-0.15, -0.1) is 0 Å². The maximum atomic E-state index is 11.4. The monoisotopic (exact) mass is 236 g/mol. The number of amides is 1. The van der Waals surface area contributed by atoms with E-state index < -0.39 is 6.04 Å². The Bertz CT molecular complexity index is 375. The van der Waals surface area contributed by atoms with Crippen molar-refractivity contribution in [3.05, 3.63) is 24.3 Å². The lowest BCUT2D eigenvalue weighted by molar-refractivity contribution is -0.117. The number of hydrogen-bond donors (Lipinski definition) is 2. The summed E-state index contributed by atoms with van der Waals surface area (Å²) in [5.74, 6) is 1.02. The average molecular weight is 236 g/mol. The topological polar surface area (TPSA) is 64.3 Å². The zero-order chi connectivity index (χ0) is 12.8. The number of benzene rings is 1. The van der Waals surface area contributed by atoms with Crippen LogP contribution in [0.5, 0.6) is 5.75 Å². The van der Waals surface area contributed by atoms with Gasteiger partial charge in [0.25, 0.3) is 0 Å². The summed E-state index contributed by atoms with van der Waals surface area (Å²) in [6, 6.07) is 6.79. The molecule has 4 nitrogen and oxygen atoms in total. The fourth-order valence-electron chi connectivity index (χ4n) is 1.18.